The molecule has 78 valence electrons. The SMILES string of the molecule is CSc1ncn(-c2ncc(C=O)n2C)n1. The van der Waals surface area contributed by atoms with Crippen molar-refractivity contribution in [3.05, 3.63) is 18.2 Å². The fourth-order valence-corrected chi connectivity index (χ4v) is 1.49. The van der Waals surface area contributed by atoms with Crippen LogP contribution in [0.15, 0.2) is 17.7 Å². The van der Waals surface area contributed by atoms with Gasteiger partial charge in [0, 0.05) is 7.05 Å². The number of hydrogen-bond donors (Lipinski definition) is 0. The normalized spacial score (nSPS) is 10.5. The van der Waals surface area contributed by atoms with Crippen molar-refractivity contribution in [1.29, 1.82) is 0 Å². The summed E-state index contributed by atoms with van der Waals surface area (Å²) >= 11 is 1.45. The molecule has 0 saturated carbocycles. The summed E-state index contributed by atoms with van der Waals surface area (Å²) in [6.45, 7) is 0. The van der Waals surface area contributed by atoms with Gasteiger partial charge in [0.15, 0.2) is 6.29 Å². The molecule has 0 unspecified atom stereocenters. The third kappa shape index (κ3) is 1.65. The minimum atomic E-state index is 0.506. The Kier molecular flexibility index (Phi) is 2.55. The van der Waals surface area contributed by atoms with Crippen molar-refractivity contribution < 1.29 is 4.79 Å². The molecule has 0 radical (unpaired) electrons. The van der Waals surface area contributed by atoms with Crippen LogP contribution in [0.1, 0.15) is 10.5 Å². The average Bonchev–Trinajstić information content (AvgIpc) is 2.83. The Morgan fingerprint density at radius 2 is 2.27 bits per heavy atom. The molecule has 6 nitrogen and oxygen atoms in total. The highest BCUT2D eigenvalue weighted by atomic mass is 32.2. The zero-order valence-electron chi connectivity index (χ0n) is 8.28. The van der Waals surface area contributed by atoms with Crippen molar-refractivity contribution in [2.45, 2.75) is 5.16 Å². The van der Waals surface area contributed by atoms with Crippen molar-refractivity contribution in [3.8, 4) is 5.95 Å². The molecule has 0 fully saturated rings. The first-order chi connectivity index (χ1) is 7.26. The largest absolute Gasteiger partial charge is 0.309 e. The molecule has 0 aliphatic carbocycles. The second-order valence-corrected chi connectivity index (χ2v) is 3.61. The number of thioether (sulfide) groups is 1. The Balaban J connectivity index is 2.44. The number of carbonyl (C=O) groups is 1. The maximum absolute atomic E-state index is 10.6. The maximum Gasteiger partial charge on any atom is 0.232 e. The fourth-order valence-electron chi connectivity index (χ4n) is 1.17. The average molecular weight is 223 g/mol. The van der Waals surface area contributed by atoms with Crippen LogP contribution in [-0.2, 0) is 7.05 Å². The number of aldehydes is 1. The summed E-state index contributed by atoms with van der Waals surface area (Å²) < 4.78 is 3.20. The Morgan fingerprint density at radius 3 is 2.80 bits per heavy atom. The van der Waals surface area contributed by atoms with Crippen LogP contribution in [0.4, 0.5) is 0 Å². The van der Waals surface area contributed by atoms with Crippen molar-refractivity contribution in [2.75, 3.05) is 6.26 Å². The van der Waals surface area contributed by atoms with E-state index in [0.717, 1.165) is 6.29 Å². The van der Waals surface area contributed by atoms with Gasteiger partial charge in [-0.05, 0) is 6.26 Å². The van der Waals surface area contributed by atoms with E-state index in [1.165, 1.54) is 18.0 Å². The zero-order chi connectivity index (χ0) is 10.8. The standard InChI is InChI=1S/C8H9N5OS/c1-12-6(4-14)3-9-8(12)13-5-10-7(11-13)15-2/h3-5H,1-2H3. The number of carbonyl (C=O) groups excluding carboxylic acids is 1. The lowest BCUT2D eigenvalue weighted by atomic mass is 10.5. The van der Waals surface area contributed by atoms with Crippen molar-refractivity contribution in [2.24, 2.45) is 7.05 Å². The third-order valence-corrected chi connectivity index (χ3v) is 2.53. The number of aromatic nitrogens is 5. The summed E-state index contributed by atoms with van der Waals surface area (Å²) in [4.78, 5) is 18.8. The van der Waals surface area contributed by atoms with E-state index in [9.17, 15) is 4.79 Å². The van der Waals surface area contributed by atoms with Crippen LogP contribution < -0.4 is 0 Å². The topological polar surface area (TPSA) is 65.6 Å². The molecule has 2 rings (SSSR count). The summed E-state index contributed by atoms with van der Waals surface area (Å²) in [6.07, 6.45) is 5.73. The number of imidazole rings is 1. The molecule has 0 spiro atoms. The second kappa shape index (κ2) is 3.85. The Labute approximate surface area is 90.3 Å². The molecule has 2 aromatic rings. The van der Waals surface area contributed by atoms with Crippen molar-refractivity contribution in [1.82, 2.24) is 24.3 Å². The van der Waals surface area contributed by atoms with Crippen LogP contribution in [0.3, 0.4) is 0 Å². The van der Waals surface area contributed by atoms with Crippen LogP contribution in [0, 0.1) is 0 Å². The monoisotopic (exact) mass is 223 g/mol. The summed E-state index contributed by atoms with van der Waals surface area (Å²) in [5.74, 6) is 0.574. The molecular formula is C8H9N5OS. The molecule has 0 aromatic carbocycles. The molecule has 2 heterocycles. The smallest absolute Gasteiger partial charge is 0.232 e. The van der Waals surface area contributed by atoms with Gasteiger partial charge in [0.1, 0.15) is 12.0 Å². The van der Waals surface area contributed by atoms with Crippen LogP contribution in [0.2, 0.25) is 0 Å². The van der Waals surface area contributed by atoms with E-state index in [1.807, 2.05) is 6.26 Å². The van der Waals surface area contributed by atoms with E-state index >= 15 is 0 Å². The molecule has 0 N–H and O–H groups in total. The highest BCUT2D eigenvalue weighted by Crippen LogP contribution is 2.10. The van der Waals surface area contributed by atoms with Gasteiger partial charge >= 0.3 is 0 Å². The van der Waals surface area contributed by atoms with Gasteiger partial charge < -0.3 is 4.57 Å². The van der Waals surface area contributed by atoms with Gasteiger partial charge in [-0.3, -0.25) is 4.79 Å². The van der Waals surface area contributed by atoms with E-state index in [1.54, 1.807) is 22.6 Å². The molecule has 7 heteroatoms. The van der Waals surface area contributed by atoms with Crippen LogP contribution in [-0.4, -0.2) is 36.9 Å². The summed E-state index contributed by atoms with van der Waals surface area (Å²) in [5.41, 5.74) is 0.506. The quantitative estimate of drug-likeness (QED) is 0.561. The van der Waals surface area contributed by atoms with Gasteiger partial charge in [0.05, 0.1) is 6.20 Å². The molecular weight excluding hydrogens is 214 g/mol. The zero-order valence-corrected chi connectivity index (χ0v) is 9.10. The summed E-state index contributed by atoms with van der Waals surface area (Å²) in [7, 11) is 1.76. The van der Waals surface area contributed by atoms with E-state index in [4.69, 9.17) is 0 Å². The van der Waals surface area contributed by atoms with Gasteiger partial charge in [-0.15, -0.1) is 5.10 Å². The molecule has 2 aromatic heterocycles. The lowest BCUT2D eigenvalue weighted by Crippen LogP contribution is -2.05. The lowest BCUT2D eigenvalue weighted by Gasteiger charge is -2.00. The van der Waals surface area contributed by atoms with Crippen molar-refractivity contribution in [3.63, 3.8) is 0 Å². The van der Waals surface area contributed by atoms with E-state index < -0.39 is 0 Å². The molecule has 0 aliphatic rings. The summed E-state index contributed by atoms with van der Waals surface area (Å²) in [5, 5.41) is 4.85. The Bertz CT molecular complexity index is 489. The highest BCUT2D eigenvalue weighted by molar-refractivity contribution is 7.98. The molecule has 0 bridgehead atoms. The van der Waals surface area contributed by atoms with Crippen LogP contribution in [0.25, 0.3) is 5.95 Å². The maximum atomic E-state index is 10.6. The highest BCUT2D eigenvalue weighted by Gasteiger charge is 2.09. The predicted molar refractivity (Wildman–Crippen MR) is 55.3 cm³/mol. The van der Waals surface area contributed by atoms with Crippen molar-refractivity contribution >= 4 is 18.0 Å². The predicted octanol–water partition coefficient (Wildman–Crippen LogP) is 0.535. The van der Waals surface area contributed by atoms with Gasteiger partial charge in [-0.1, -0.05) is 11.8 Å². The third-order valence-electron chi connectivity index (χ3n) is 1.98. The first kappa shape index (κ1) is 9.91. The van der Waals surface area contributed by atoms with Crippen LogP contribution in [0.5, 0.6) is 0 Å². The van der Waals surface area contributed by atoms with Gasteiger partial charge in [0.25, 0.3) is 0 Å². The van der Waals surface area contributed by atoms with E-state index in [0.29, 0.717) is 16.8 Å². The van der Waals surface area contributed by atoms with E-state index in [-0.39, 0.29) is 0 Å². The summed E-state index contributed by atoms with van der Waals surface area (Å²) in [6, 6.07) is 0. The molecule has 0 atom stereocenters. The number of rotatable bonds is 3. The number of hydrogen-bond acceptors (Lipinski definition) is 5. The van der Waals surface area contributed by atoms with Gasteiger partial charge in [-0.2, -0.15) is 4.68 Å². The fraction of sp³-hybridized carbons (Fsp3) is 0.250. The van der Waals surface area contributed by atoms with Gasteiger partial charge in [-0.25, -0.2) is 9.97 Å². The number of nitrogens with zero attached hydrogens (tertiary/aromatic N) is 5. The van der Waals surface area contributed by atoms with Crippen LogP contribution >= 0.6 is 11.8 Å². The first-order valence-electron chi connectivity index (χ1n) is 4.19. The Hall–Kier alpha value is -1.63. The minimum absolute atomic E-state index is 0.506. The second-order valence-electron chi connectivity index (χ2n) is 2.84. The molecule has 0 aliphatic heterocycles. The van der Waals surface area contributed by atoms with Gasteiger partial charge in [0.2, 0.25) is 11.1 Å². The lowest BCUT2D eigenvalue weighted by molar-refractivity contribution is 0.111. The minimum Gasteiger partial charge on any atom is -0.309 e. The molecule has 0 saturated heterocycles. The Morgan fingerprint density at radius 1 is 1.47 bits per heavy atom. The molecule has 0 amide bonds. The first-order valence-corrected chi connectivity index (χ1v) is 5.41. The van der Waals surface area contributed by atoms with E-state index in [2.05, 4.69) is 15.1 Å². The molecule has 15 heavy (non-hydrogen) atoms.